The molecular weight excluding hydrogens is 359 g/mol. The molecule has 0 saturated heterocycles. The van der Waals surface area contributed by atoms with E-state index in [1.165, 1.54) is 25.3 Å². The molecule has 0 fully saturated rings. The van der Waals surface area contributed by atoms with Gasteiger partial charge < -0.3 is 8.92 Å². The van der Waals surface area contributed by atoms with Crippen LogP contribution in [0.15, 0.2) is 42.5 Å². The maximum Gasteiger partial charge on any atom is 0.488 e. The molecule has 0 aromatic heterocycles. The minimum Gasteiger partial charge on any atom is -0.465 e. The minimum absolute atomic E-state index is 0.193. The molecule has 8 heteroatoms. The second-order valence-electron chi connectivity index (χ2n) is 4.61. The van der Waals surface area contributed by atoms with E-state index < -0.39 is 16.5 Å². The Morgan fingerprint density at radius 2 is 1.79 bits per heavy atom. The van der Waals surface area contributed by atoms with Crippen molar-refractivity contribution in [1.82, 2.24) is 0 Å². The molecule has 0 N–H and O–H groups in total. The van der Waals surface area contributed by atoms with E-state index in [0.29, 0.717) is 11.1 Å². The van der Waals surface area contributed by atoms with Crippen LogP contribution >= 0.6 is 11.6 Å². The Hall–Kier alpha value is -2.38. The van der Waals surface area contributed by atoms with Gasteiger partial charge in [0.15, 0.2) is 0 Å². The number of hydrogen-bond acceptors (Lipinski definition) is 5. The Morgan fingerprint density at radius 1 is 1.12 bits per heavy atom. The summed E-state index contributed by atoms with van der Waals surface area (Å²) in [7, 11) is -3.78. The Morgan fingerprint density at radius 3 is 2.33 bits per heavy atom. The van der Waals surface area contributed by atoms with Crippen LogP contribution < -0.4 is 4.18 Å². The number of carbonyl (C=O) groups excluding carboxylic acids is 1. The second kappa shape index (κ2) is 7.46. The monoisotopic (exact) mass is 370 g/mol. The molecule has 0 bridgehead atoms. The van der Waals surface area contributed by atoms with Crippen molar-refractivity contribution >= 4 is 40.2 Å². The molecule has 0 spiro atoms. The Bertz CT molecular complexity index is 876. The molecule has 2 aromatic carbocycles. The highest BCUT2D eigenvalue weighted by Gasteiger charge is 2.10. The molecule has 0 aliphatic heterocycles. The van der Waals surface area contributed by atoms with E-state index in [2.05, 4.69) is 8.92 Å². The standard InChI is InChI=1S/C16H12ClFO5S/c1-22-16(19)13-6-3-11(4-7-13)2-5-12-8-9-14(10-15(12)17)23-24(18,20)21/h2-10H,1H3/b5-2+. The number of rotatable bonds is 5. The van der Waals surface area contributed by atoms with E-state index in [0.717, 1.165) is 5.56 Å². The van der Waals surface area contributed by atoms with Crippen LogP contribution in [-0.2, 0) is 15.2 Å². The van der Waals surface area contributed by atoms with E-state index in [1.54, 1.807) is 36.4 Å². The first-order valence-electron chi connectivity index (χ1n) is 6.58. The molecule has 5 nitrogen and oxygen atoms in total. The van der Waals surface area contributed by atoms with Gasteiger partial charge in [-0.25, -0.2) is 4.79 Å². The molecule has 2 aromatic rings. The molecule has 0 atom stereocenters. The van der Waals surface area contributed by atoms with E-state index in [1.807, 2.05) is 0 Å². The number of benzene rings is 2. The van der Waals surface area contributed by atoms with Crippen molar-refractivity contribution in [3.63, 3.8) is 0 Å². The molecule has 0 saturated carbocycles. The van der Waals surface area contributed by atoms with Crippen LogP contribution in [0.3, 0.4) is 0 Å². The van der Waals surface area contributed by atoms with Crippen molar-refractivity contribution in [3.05, 3.63) is 64.2 Å². The summed E-state index contributed by atoms with van der Waals surface area (Å²) in [5.41, 5.74) is 1.82. The third kappa shape index (κ3) is 5.07. The summed E-state index contributed by atoms with van der Waals surface area (Å²) < 4.78 is 42.0. The average Bonchev–Trinajstić information content (AvgIpc) is 2.52. The van der Waals surface area contributed by atoms with E-state index >= 15 is 0 Å². The molecule has 0 amide bonds. The predicted octanol–water partition coefficient (Wildman–Crippen LogP) is 3.89. The molecule has 2 rings (SSSR count). The van der Waals surface area contributed by atoms with Crippen LogP contribution in [0.5, 0.6) is 5.75 Å². The number of hydrogen-bond donors (Lipinski definition) is 0. The van der Waals surface area contributed by atoms with Crippen LogP contribution in [0.1, 0.15) is 21.5 Å². The van der Waals surface area contributed by atoms with Gasteiger partial charge in [-0.05, 0) is 35.4 Å². The van der Waals surface area contributed by atoms with Gasteiger partial charge in [0.1, 0.15) is 5.75 Å². The van der Waals surface area contributed by atoms with Gasteiger partial charge in [-0.2, -0.15) is 8.42 Å². The van der Waals surface area contributed by atoms with Crippen LogP contribution in [0.25, 0.3) is 12.2 Å². The number of methoxy groups -OCH3 is 1. The SMILES string of the molecule is COC(=O)c1ccc(/C=C/c2ccc(OS(=O)(=O)F)cc2Cl)cc1. The Balaban J connectivity index is 2.15. The summed E-state index contributed by atoms with van der Waals surface area (Å²) in [6.45, 7) is 0. The zero-order chi connectivity index (χ0) is 17.7. The summed E-state index contributed by atoms with van der Waals surface area (Å²) in [5, 5.41) is 0.193. The quantitative estimate of drug-likeness (QED) is 0.453. The van der Waals surface area contributed by atoms with Crippen molar-refractivity contribution < 1.29 is 26.0 Å². The fraction of sp³-hybridized carbons (Fsp3) is 0.0625. The van der Waals surface area contributed by atoms with Gasteiger partial charge in [-0.15, -0.1) is 0 Å². The fourth-order valence-corrected chi connectivity index (χ4v) is 2.41. The van der Waals surface area contributed by atoms with Crippen molar-refractivity contribution in [2.45, 2.75) is 0 Å². The molecule has 0 aliphatic rings. The average molecular weight is 371 g/mol. The lowest BCUT2D eigenvalue weighted by atomic mass is 10.1. The van der Waals surface area contributed by atoms with Gasteiger partial charge >= 0.3 is 16.5 Å². The van der Waals surface area contributed by atoms with Gasteiger partial charge in [0.2, 0.25) is 0 Å². The number of ether oxygens (including phenoxy) is 1. The topological polar surface area (TPSA) is 69.7 Å². The Labute approximate surface area is 143 Å². The highest BCUT2D eigenvalue weighted by molar-refractivity contribution is 7.81. The molecule has 126 valence electrons. The van der Waals surface area contributed by atoms with Gasteiger partial charge in [0.25, 0.3) is 0 Å². The summed E-state index contributed by atoms with van der Waals surface area (Å²) in [5.74, 6) is -0.644. The number of carbonyl (C=O) groups is 1. The van der Waals surface area contributed by atoms with Crippen molar-refractivity contribution in [3.8, 4) is 5.75 Å². The molecule has 0 heterocycles. The van der Waals surface area contributed by atoms with E-state index in [4.69, 9.17) is 11.6 Å². The fourth-order valence-electron chi connectivity index (χ4n) is 1.84. The van der Waals surface area contributed by atoms with Gasteiger partial charge in [0.05, 0.1) is 17.7 Å². The van der Waals surface area contributed by atoms with Crippen LogP contribution in [-0.4, -0.2) is 21.5 Å². The molecule has 0 unspecified atom stereocenters. The number of esters is 1. The van der Waals surface area contributed by atoms with E-state index in [-0.39, 0.29) is 10.8 Å². The third-order valence-corrected chi connectivity index (χ3v) is 3.67. The predicted molar refractivity (Wildman–Crippen MR) is 88.8 cm³/mol. The zero-order valence-electron chi connectivity index (χ0n) is 12.4. The van der Waals surface area contributed by atoms with Crippen molar-refractivity contribution in [2.24, 2.45) is 0 Å². The Kier molecular flexibility index (Phi) is 5.58. The zero-order valence-corrected chi connectivity index (χ0v) is 14.0. The first kappa shape index (κ1) is 18.0. The summed E-state index contributed by atoms with van der Waals surface area (Å²) >= 11 is 6.00. The normalized spacial score (nSPS) is 11.5. The molecule has 0 radical (unpaired) electrons. The highest BCUT2D eigenvalue weighted by atomic mass is 35.5. The van der Waals surface area contributed by atoms with E-state index in [9.17, 15) is 17.1 Å². The maximum absolute atomic E-state index is 12.5. The van der Waals surface area contributed by atoms with Crippen LogP contribution in [0.4, 0.5) is 3.89 Å². The maximum atomic E-state index is 12.5. The van der Waals surface area contributed by atoms with Crippen LogP contribution in [0, 0.1) is 0 Å². The van der Waals surface area contributed by atoms with Crippen molar-refractivity contribution in [2.75, 3.05) is 7.11 Å². The summed E-state index contributed by atoms with van der Waals surface area (Å²) in [6, 6.07) is 10.7. The first-order valence-corrected chi connectivity index (χ1v) is 8.27. The molecule has 24 heavy (non-hydrogen) atoms. The second-order valence-corrected chi connectivity index (χ2v) is 5.97. The lowest BCUT2D eigenvalue weighted by Crippen LogP contribution is -2.01. The lowest BCUT2D eigenvalue weighted by Gasteiger charge is -2.03. The van der Waals surface area contributed by atoms with Crippen molar-refractivity contribution in [1.29, 1.82) is 0 Å². The lowest BCUT2D eigenvalue weighted by molar-refractivity contribution is 0.0600. The summed E-state index contributed by atoms with van der Waals surface area (Å²) in [4.78, 5) is 11.3. The van der Waals surface area contributed by atoms with Gasteiger partial charge in [0, 0.05) is 6.07 Å². The highest BCUT2D eigenvalue weighted by Crippen LogP contribution is 2.25. The first-order chi connectivity index (χ1) is 11.3. The van der Waals surface area contributed by atoms with Gasteiger partial charge in [-0.1, -0.05) is 39.8 Å². The largest absolute Gasteiger partial charge is 0.488 e. The summed E-state index contributed by atoms with van der Waals surface area (Å²) in [6.07, 6.45) is 3.43. The third-order valence-electron chi connectivity index (χ3n) is 2.95. The molecular formula is C16H12ClFO5S. The van der Waals surface area contributed by atoms with Crippen LogP contribution in [0.2, 0.25) is 5.02 Å². The van der Waals surface area contributed by atoms with Gasteiger partial charge in [-0.3, -0.25) is 0 Å². The minimum atomic E-state index is -5.09. The smallest absolute Gasteiger partial charge is 0.465 e. The number of halogens is 2. The molecule has 0 aliphatic carbocycles.